The Kier molecular flexibility index (Phi) is 6.76. The van der Waals surface area contributed by atoms with Crippen LogP contribution in [0.4, 0.5) is 10.5 Å². The lowest BCUT2D eigenvalue weighted by molar-refractivity contribution is 0.248. The van der Waals surface area contributed by atoms with E-state index in [0.29, 0.717) is 11.4 Å². The lowest BCUT2D eigenvalue weighted by Crippen LogP contribution is -2.50. The van der Waals surface area contributed by atoms with Gasteiger partial charge >= 0.3 is 6.03 Å². The lowest BCUT2D eigenvalue weighted by Gasteiger charge is -2.33. The van der Waals surface area contributed by atoms with E-state index in [4.69, 9.17) is 4.74 Å². The fourth-order valence-electron chi connectivity index (χ4n) is 3.73. The summed E-state index contributed by atoms with van der Waals surface area (Å²) in [7, 11) is -2.13. The van der Waals surface area contributed by atoms with Gasteiger partial charge in [0, 0.05) is 18.8 Å². The van der Waals surface area contributed by atoms with E-state index in [0.717, 1.165) is 11.1 Å². The maximum absolute atomic E-state index is 13.2. The van der Waals surface area contributed by atoms with Crippen LogP contribution in [0.25, 0.3) is 5.57 Å². The molecule has 7 nitrogen and oxygen atoms in total. The van der Waals surface area contributed by atoms with Crippen molar-refractivity contribution in [2.45, 2.75) is 10.9 Å². The number of amides is 2. The molecule has 0 saturated carbocycles. The highest BCUT2D eigenvalue weighted by Crippen LogP contribution is 2.27. The number of urea groups is 1. The van der Waals surface area contributed by atoms with Crippen molar-refractivity contribution in [3.05, 3.63) is 96.6 Å². The summed E-state index contributed by atoms with van der Waals surface area (Å²) in [6.07, 6.45) is 1.86. The first-order valence-corrected chi connectivity index (χ1v) is 11.9. The summed E-state index contributed by atoms with van der Waals surface area (Å²) in [5.41, 5.74) is 2.41. The number of carbonyl (C=O) groups is 1. The molecule has 1 aliphatic rings. The molecule has 3 aromatic rings. The number of hydrogen-bond acceptors (Lipinski definition) is 4. The Balaban J connectivity index is 1.57. The average molecular weight is 464 g/mol. The van der Waals surface area contributed by atoms with Gasteiger partial charge in [-0.1, -0.05) is 54.6 Å². The Morgan fingerprint density at radius 1 is 0.939 bits per heavy atom. The molecule has 0 radical (unpaired) electrons. The Morgan fingerprint density at radius 2 is 1.58 bits per heavy atom. The van der Waals surface area contributed by atoms with Gasteiger partial charge in [0.15, 0.2) is 0 Å². The summed E-state index contributed by atoms with van der Waals surface area (Å²) >= 11 is 0. The van der Waals surface area contributed by atoms with Gasteiger partial charge in [0.2, 0.25) is 10.0 Å². The van der Waals surface area contributed by atoms with E-state index < -0.39 is 22.1 Å². The number of nitrogens with one attached hydrogen (secondary N) is 2. The molecule has 8 heteroatoms. The fourth-order valence-corrected chi connectivity index (χ4v) is 5.14. The van der Waals surface area contributed by atoms with Crippen molar-refractivity contribution >= 4 is 27.3 Å². The molecule has 1 heterocycles. The molecule has 0 fully saturated rings. The van der Waals surface area contributed by atoms with E-state index in [1.165, 1.54) is 4.31 Å². The number of hydrogen-bond donors (Lipinski definition) is 2. The quantitative estimate of drug-likeness (QED) is 0.579. The van der Waals surface area contributed by atoms with E-state index in [1.54, 1.807) is 61.7 Å². The molecule has 0 aromatic heterocycles. The molecule has 1 atom stereocenters. The smallest absolute Gasteiger partial charge is 0.319 e. The van der Waals surface area contributed by atoms with Crippen molar-refractivity contribution in [1.29, 1.82) is 0 Å². The zero-order valence-corrected chi connectivity index (χ0v) is 19.0. The number of nitrogens with zero attached hydrogens (tertiary/aromatic N) is 1. The summed E-state index contributed by atoms with van der Waals surface area (Å²) in [6.45, 7) is 0.341. The highest BCUT2D eigenvalue weighted by molar-refractivity contribution is 7.89. The van der Waals surface area contributed by atoms with Gasteiger partial charge in [-0.2, -0.15) is 4.31 Å². The largest absolute Gasteiger partial charge is 0.497 e. The second-order valence-corrected chi connectivity index (χ2v) is 9.48. The van der Waals surface area contributed by atoms with Crippen LogP contribution in [0.2, 0.25) is 0 Å². The zero-order valence-electron chi connectivity index (χ0n) is 18.1. The first-order chi connectivity index (χ1) is 16.0. The van der Waals surface area contributed by atoms with E-state index in [-0.39, 0.29) is 18.0 Å². The number of carbonyl (C=O) groups excluding carboxylic acids is 1. The zero-order chi connectivity index (χ0) is 23.3. The molecule has 2 amide bonds. The van der Waals surface area contributed by atoms with Crippen LogP contribution >= 0.6 is 0 Å². The van der Waals surface area contributed by atoms with Crippen molar-refractivity contribution in [2.75, 3.05) is 25.5 Å². The minimum atomic E-state index is -3.70. The summed E-state index contributed by atoms with van der Waals surface area (Å²) < 4.78 is 32.9. The lowest BCUT2D eigenvalue weighted by atomic mass is 9.96. The Hall–Kier alpha value is -3.62. The van der Waals surface area contributed by atoms with Crippen molar-refractivity contribution in [1.82, 2.24) is 9.62 Å². The molecule has 4 rings (SSSR count). The molecule has 3 aromatic carbocycles. The van der Waals surface area contributed by atoms with Crippen LogP contribution in [0.15, 0.2) is 95.9 Å². The van der Waals surface area contributed by atoms with Crippen LogP contribution in [-0.2, 0) is 10.0 Å². The Bertz CT molecular complexity index is 1230. The molecule has 2 N–H and O–H groups in total. The van der Waals surface area contributed by atoms with Gasteiger partial charge in [0.05, 0.1) is 18.0 Å². The summed E-state index contributed by atoms with van der Waals surface area (Å²) in [5, 5.41) is 5.74. The van der Waals surface area contributed by atoms with E-state index in [2.05, 4.69) is 10.6 Å². The third kappa shape index (κ3) is 5.24. The first kappa shape index (κ1) is 22.6. The molecule has 1 aliphatic heterocycles. The first-order valence-electron chi connectivity index (χ1n) is 10.5. The number of rotatable bonds is 6. The molecule has 1 unspecified atom stereocenters. The third-order valence-electron chi connectivity index (χ3n) is 5.42. The summed E-state index contributed by atoms with van der Waals surface area (Å²) in [5.74, 6) is 0.685. The minimum absolute atomic E-state index is 0.119. The molecule has 170 valence electrons. The maximum Gasteiger partial charge on any atom is 0.319 e. The van der Waals surface area contributed by atoms with E-state index in [1.807, 2.05) is 36.4 Å². The van der Waals surface area contributed by atoms with Crippen LogP contribution in [0.5, 0.6) is 5.75 Å². The van der Waals surface area contributed by atoms with Crippen molar-refractivity contribution < 1.29 is 17.9 Å². The molecule has 33 heavy (non-hydrogen) atoms. The van der Waals surface area contributed by atoms with E-state index in [9.17, 15) is 13.2 Å². The predicted octanol–water partition coefficient (Wildman–Crippen LogP) is 3.97. The third-order valence-corrected chi connectivity index (χ3v) is 7.26. The Labute approximate surface area is 193 Å². The topological polar surface area (TPSA) is 87.7 Å². The number of ether oxygens (including phenoxy) is 1. The number of anilines is 1. The highest BCUT2D eigenvalue weighted by atomic mass is 32.2. The van der Waals surface area contributed by atoms with Crippen LogP contribution in [0.1, 0.15) is 5.56 Å². The van der Waals surface area contributed by atoms with Gasteiger partial charge in [0.1, 0.15) is 5.75 Å². The van der Waals surface area contributed by atoms with Crippen LogP contribution < -0.4 is 15.4 Å². The van der Waals surface area contributed by atoms with Crippen LogP contribution in [0, 0.1) is 0 Å². The summed E-state index contributed by atoms with van der Waals surface area (Å²) in [6, 6.07) is 24.0. The Morgan fingerprint density at radius 3 is 2.21 bits per heavy atom. The SMILES string of the molecule is COc1ccc(NC(=O)NC2CN(S(=O)(=O)c3ccccc3)CC=C2c2ccccc2)cc1. The molecular weight excluding hydrogens is 438 g/mol. The summed E-state index contributed by atoms with van der Waals surface area (Å²) in [4.78, 5) is 13.0. The predicted molar refractivity (Wildman–Crippen MR) is 129 cm³/mol. The maximum atomic E-state index is 13.2. The van der Waals surface area contributed by atoms with Crippen molar-refractivity contribution in [3.8, 4) is 5.75 Å². The molecule has 0 bridgehead atoms. The minimum Gasteiger partial charge on any atom is -0.497 e. The monoisotopic (exact) mass is 463 g/mol. The van der Waals surface area contributed by atoms with E-state index >= 15 is 0 Å². The van der Waals surface area contributed by atoms with Crippen LogP contribution in [0.3, 0.4) is 0 Å². The van der Waals surface area contributed by atoms with Gasteiger partial charge in [-0.25, -0.2) is 13.2 Å². The number of methoxy groups -OCH3 is 1. The molecule has 0 saturated heterocycles. The normalized spacial score (nSPS) is 16.5. The average Bonchev–Trinajstić information content (AvgIpc) is 2.85. The molecule has 0 spiro atoms. The fraction of sp³-hybridized carbons (Fsp3) is 0.160. The van der Waals surface area contributed by atoms with Crippen molar-refractivity contribution in [3.63, 3.8) is 0 Å². The highest BCUT2D eigenvalue weighted by Gasteiger charge is 2.32. The number of sulfonamides is 1. The standard InChI is InChI=1S/C25H25N3O4S/c1-32-21-14-12-20(13-15-21)26-25(29)27-24-18-28(33(30,31)22-10-6-3-7-11-22)17-16-23(24)19-8-4-2-5-9-19/h2-16,24H,17-18H2,1H3,(H2,26,27,29). The van der Waals surface area contributed by atoms with Gasteiger partial charge in [-0.05, 0) is 47.5 Å². The number of benzene rings is 3. The van der Waals surface area contributed by atoms with Gasteiger partial charge in [-0.15, -0.1) is 0 Å². The van der Waals surface area contributed by atoms with Gasteiger partial charge in [-0.3, -0.25) is 0 Å². The van der Waals surface area contributed by atoms with Crippen LogP contribution in [-0.4, -0.2) is 45.0 Å². The van der Waals surface area contributed by atoms with Crippen molar-refractivity contribution in [2.24, 2.45) is 0 Å². The molecular formula is C25H25N3O4S. The molecule has 0 aliphatic carbocycles. The van der Waals surface area contributed by atoms with Gasteiger partial charge < -0.3 is 15.4 Å². The van der Waals surface area contributed by atoms with Gasteiger partial charge in [0.25, 0.3) is 0 Å². The second-order valence-electron chi connectivity index (χ2n) is 7.54. The second kappa shape index (κ2) is 9.89.